The van der Waals surface area contributed by atoms with Crippen molar-refractivity contribution in [1.29, 1.82) is 0 Å². The summed E-state index contributed by atoms with van der Waals surface area (Å²) < 4.78 is 5.18. The fourth-order valence-corrected chi connectivity index (χ4v) is 4.99. The second-order valence-corrected chi connectivity index (χ2v) is 8.88. The molecule has 176 valence electrons. The Morgan fingerprint density at radius 3 is 2.17 bits per heavy atom. The van der Waals surface area contributed by atoms with Gasteiger partial charge in [-0.1, -0.05) is 78.4 Å². The van der Waals surface area contributed by atoms with Crippen LogP contribution in [0.15, 0.2) is 78.4 Å². The Morgan fingerprint density at radius 1 is 0.943 bits per heavy atom. The Balaban J connectivity index is 1.32. The zero-order valence-corrected chi connectivity index (χ0v) is 19.8. The molecule has 0 unspecified atom stereocenters. The molecule has 1 heterocycles. The number of likely N-dealkylation sites (tertiary alicyclic amines) is 1. The topological polar surface area (TPSA) is 55.6 Å². The number of hydrogen-bond acceptors (Lipinski definition) is 4. The van der Waals surface area contributed by atoms with Gasteiger partial charge in [0.25, 0.3) is 0 Å². The number of benzene rings is 3. The first-order chi connectivity index (χ1) is 17.1. The van der Waals surface area contributed by atoms with Crippen molar-refractivity contribution in [3.05, 3.63) is 116 Å². The standard InChI is InChI=1S/C30H28N2O3/c1-35-29-21-22(12-15-28(29)32(33)34)7-6-18-31-19-16-25(17-20-31)30-26-10-4-2-8-23(26)13-14-24-9-3-5-11-27(24)30/h2-15,21H,16-20H2,1H3. The summed E-state index contributed by atoms with van der Waals surface area (Å²) in [5, 5.41) is 11.1. The zero-order valence-electron chi connectivity index (χ0n) is 19.8. The first-order valence-electron chi connectivity index (χ1n) is 11.9. The minimum absolute atomic E-state index is 0.0156. The molecule has 5 nitrogen and oxygen atoms in total. The average Bonchev–Trinajstić information content (AvgIpc) is 3.06. The van der Waals surface area contributed by atoms with Crippen LogP contribution in [0.4, 0.5) is 5.69 Å². The van der Waals surface area contributed by atoms with Gasteiger partial charge in [0.2, 0.25) is 0 Å². The number of nitro groups is 1. The smallest absolute Gasteiger partial charge is 0.310 e. The van der Waals surface area contributed by atoms with Gasteiger partial charge in [0.15, 0.2) is 5.75 Å². The third-order valence-corrected chi connectivity index (χ3v) is 6.79. The summed E-state index contributed by atoms with van der Waals surface area (Å²) in [4.78, 5) is 13.1. The summed E-state index contributed by atoms with van der Waals surface area (Å²) in [5.74, 6) is 0.282. The van der Waals surface area contributed by atoms with E-state index in [1.165, 1.54) is 46.6 Å². The zero-order chi connectivity index (χ0) is 24.2. The largest absolute Gasteiger partial charge is 0.490 e. The number of nitrogens with zero attached hydrogens (tertiary/aromatic N) is 2. The summed E-state index contributed by atoms with van der Waals surface area (Å²) in [6.07, 6.45) is 10.7. The lowest BCUT2D eigenvalue weighted by Crippen LogP contribution is -2.31. The Kier molecular flexibility index (Phi) is 6.59. The van der Waals surface area contributed by atoms with Crippen LogP contribution in [-0.2, 0) is 0 Å². The molecular weight excluding hydrogens is 436 g/mol. The molecule has 1 aliphatic heterocycles. The molecular formula is C30H28N2O3. The van der Waals surface area contributed by atoms with Crippen LogP contribution in [0, 0.1) is 10.1 Å². The van der Waals surface area contributed by atoms with E-state index in [-0.39, 0.29) is 11.4 Å². The summed E-state index contributed by atoms with van der Waals surface area (Å²) in [7, 11) is 1.46. The third kappa shape index (κ3) is 4.81. The normalized spacial score (nSPS) is 15.6. The lowest BCUT2D eigenvalue weighted by molar-refractivity contribution is -0.385. The lowest BCUT2D eigenvalue weighted by atomic mass is 9.86. The summed E-state index contributed by atoms with van der Waals surface area (Å²) in [5.41, 5.74) is 8.99. The van der Waals surface area contributed by atoms with E-state index in [1.54, 1.807) is 12.1 Å². The summed E-state index contributed by atoms with van der Waals surface area (Å²) in [6.45, 7) is 2.85. The Labute approximate surface area is 205 Å². The Morgan fingerprint density at radius 2 is 1.57 bits per heavy atom. The van der Waals surface area contributed by atoms with Crippen molar-refractivity contribution < 1.29 is 9.66 Å². The molecule has 1 aliphatic carbocycles. The Hall–Kier alpha value is -3.96. The molecule has 3 aromatic rings. The molecule has 35 heavy (non-hydrogen) atoms. The number of rotatable bonds is 5. The maximum Gasteiger partial charge on any atom is 0.310 e. The molecule has 1 fully saturated rings. The first kappa shape index (κ1) is 22.8. The molecule has 3 aromatic carbocycles. The number of methoxy groups -OCH3 is 1. The highest BCUT2D eigenvalue weighted by molar-refractivity contribution is 5.94. The van der Waals surface area contributed by atoms with Crippen LogP contribution in [0.25, 0.3) is 23.8 Å². The van der Waals surface area contributed by atoms with Gasteiger partial charge in [0, 0.05) is 25.7 Å². The highest BCUT2D eigenvalue weighted by Gasteiger charge is 2.22. The van der Waals surface area contributed by atoms with E-state index in [1.807, 2.05) is 6.08 Å². The second kappa shape index (κ2) is 10.1. The van der Waals surface area contributed by atoms with Gasteiger partial charge in [-0.2, -0.15) is 0 Å². The molecule has 0 saturated carbocycles. The van der Waals surface area contributed by atoms with Gasteiger partial charge in [-0.25, -0.2) is 0 Å². The van der Waals surface area contributed by atoms with Crippen LogP contribution in [-0.4, -0.2) is 36.6 Å². The van der Waals surface area contributed by atoms with E-state index in [9.17, 15) is 10.1 Å². The molecule has 0 spiro atoms. The van der Waals surface area contributed by atoms with Gasteiger partial charge in [-0.3, -0.25) is 15.0 Å². The second-order valence-electron chi connectivity index (χ2n) is 8.88. The molecule has 0 radical (unpaired) electrons. The van der Waals surface area contributed by atoms with Gasteiger partial charge in [-0.05, 0) is 58.4 Å². The highest BCUT2D eigenvalue weighted by atomic mass is 16.6. The predicted octanol–water partition coefficient (Wildman–Crippen LogP) is 6.70. The fourth-order valence-electron chi connectivity index (χ4n) is 4.99. The van der Waals surface area contributed by atoms with Crippen molar-refractivity contribution in [2.45, 2.75) is 12.8 Å². The van der Waals surface area contributed by atoms with Gasteiger partial charge >= 0.3 is 5.69 Å². The van der Waals surface area contributed by atoms with Crippen LogP contribution >= 0.6 is 0 Å². The van der Waals surface area contributed by atoms with E-state index in [2.05, 4.69) is 71.7 Å². The average molecular weight is 465 g/mol. The van der Waals surface area contributed by atoms with Crippen molar-refractivity contribution in [1.82, 2.24) is 4.90 Å². The van der Waals surface area contributed by atoms with Gasteiger partial charge in [0.1, 0.15) is 0 Å². The van der Waals surface area contributed by atoms with Crippen LogP contribution < -0.4 is 4.74 Å². The molecule has 2 aliphatic rings. The quantitative estimate of drug-likeness (QED) is 0.244. The monoisotopic (exact) mass is 464 g/mol. The van der Waals surface area contributed by atoms with E-state index >= 15 is 0 Å². The van der Waals surface area contributed by atoms with Crippen LogP contribution in [0.3, 0.4) is 0 Å². The lowest BCUT2D eigenvalue weighted by Gasteiger charge is -2.29. The van der Waals surface area contributed by atoms with Gasteiger partial charge in [-0.15, -0.1) is 0 Å². The van der Waals surface area contributed by atoms with E-state index in [0.717, 1.165) is 38.0 Å². The molecule has 0 N–H and O–H groups in total. The SMILES string of the molecule is COc1cc(C=CCN2CCC(=C3c4ccccc4C=Cc4ccccc43)CC2)ccc1[N+](=O)[O-]. The minimum Gasteiger partial charge on any atom is -0.490 e. The van der Waals surface area contributed by atoms with Crippen LogP contribution in [0.2, 0.25) is 0 Å². The highest BCUT2D eigenvalue weighted by Crippen LogP contribution is 2.38. The van der Waals surface area contributed by atoms with Gasteiger partial charge in [0.05, 0.1) is 12.0 Å². The maximum absolute atomic E-state index is 11.1. The van der Waals surface area contributed by atoms with E-state index < -0.39 is 4.92 Å². The maximum atomic E-state index is 11.1. The predicted molar refractivity (Wildman–Crippen MR) is 142 cm³/mol. The van der Waals surface area contributed by atoms with E-state index in [4.69, 9.17) is 4.74 Å². The minimum atomic E-state index is -0.423. The number of piperidine rings is 1. The van der Waals surface area contributed by atoms with Crippen molar-refractivity contribution >= 4 is 29.5 Å². The van der Waals surface area contributed by atoms with Crippen molar-refractivity contribution in [2.75, 3.05) is 26.7 Å². The summed E-state index contributed by atoms with van der Waals surface area (Å²) in [6, 6.07) is 22.3. The molecule has 5 rings (SSSR count). The van der Waals surface area contributed by atoms with Crippen LogP contribution in [0.5, 0.6) is 5.75 Å². The molecule has 0 atom stereocenters. The summed E-state index contributed by atoms with van der Waals surface area (Å²) >= 11 is 0. The molecule has 0 bridgehead atoms. The van der Waals surface area contributed by atoms with Crippen molar-refractivity contribution in [3.63, 3.8) is 0 Å². The van der Waals surface area contributed by atoms with Gasteiger partial charge < -0.3 is 4.74 Å². The van der Waals surface area contributed by atoms with Crippen LogP contribution in [0.1, 0.15) is 40.7 Å². The number of ether oxygens (including phenoxy) is 1. The molecule has 5 heteroatoms. The van der Waals surface area contributed by atoms with E-state index in [0.29, 0.717) is 0 Å². The molecule has 0 aromatic heterocycles. The number of hydrogen-bond donors (Lipinski definition) is 0. The Bertz CT molecular complexity index is 1290. The molecule has 1 saturated heterocycles. The molecule has 0 amide bonds. The number of nitro benzene ring substituents is 1. The van der Waals surface area contributed by atoms with Crippen molar-refractivity contribution in [3.8, 4) is 5.75 Å². The number of fused-ring (bicyclic) bond motifs is 2. The fraction of sp³-hybridized carbons (Fsp3) is 0.200. The van der Waals surface area contributed by atoms with Crippen molar-refractivity contribution in [2.24, 2.45) is 0 Å². The third-order valence-electron chi connectivity index (χ3n) is 6.79. The first-order valence-corrected chi connectivity index (χ1v) is 11.9.